The number of rotatable bonds is 2. The molecule has 5 amide bonds. The first-order valence-corrected chi connectivity index (χ1v) is 9.46. The summed E-state index contributed by atoms with van der Waals surface area (Å²) in [5.74, 6) is -0.968. The number of imide groups is 1. The molecule has 9 heteroatoms. The van der Waals surface area contributed by atoms with Gasteiger partial charge in [0.1, 0.15) is 6.04 Å². The van der Waals surface area contributed by atoms with E-state index < -0.39 is 11.9 Å². The SMILES string of the molecule is O=C1CCC(N2Cc3cc(NC(=O)N4C[C@H]5C[C@@H]4CO5)ccc3C2=O)C(=O)N1. The first-order chi connectivity index (χ1) is 13.5. The molecule has 0 aliphatic carbocycles. The lowest BCUT2D eigenvalue weighted by molar-refractivity contribution is -0.136. The molecule has 4 aliphatic heterocycles. The summed E-state index contributed by atoms with van der Waals surface area (Å²) in [7, 11) is 0. The van der Waals surface area contributed by atoms with Crippen LogP contribution in [0.5, 0.6) is 0 Å². The van der Waals surface area contributed by atoms with E-state index in [4.69, 9.17) is 4.74 Å². The van der Waals surface area contributed by atoms with E-state index in [2.05, 4.69) is 10.6 Å². The van der Waals surface area contributed by atoms with Crippen LogP contribution in [0.3, 0.4) is 0 Å². The number of nitrogens with zero attached hydrogens (tertiary/aromatic N) is 2. The van der Waals surface area contributed by atoms with Gasteiger partial charge in [-0.2, -0.15) is 0 Å². The summed E-state index contributed by atoms with van der Waals surface area (Å²) < 4.78 is 5.52. The Balaban J connectivity index is 1.30. The number of ether oxygens (including phenoxy) is 1. The minimum Gasteiger partial charge on any atom is -0.374 e. The Kier molecular flexibility index (Phi) is 3.87. The molecule has 3 saturated heterocycles. The second-order valence-electron chi connectivity index (χ2n) is 7.70. The van der Waals surface area contributed by atoms with Crippen molar-refractivity contribution >= 4 is 29.4 Å². The fraction of sp³-hybridized carbons (Fsp3) is 0.474. The van der Waals surface area contributed by atoms with Gasteiger partial charge in [0.2, 0.25) is 11.8 Å². The summed E-state index contributed by atoms with van der Waals surface area (Å²) in [4.78, 5) is 52.0. The standard InChI is InChI=1S/C19H20N4O5/c24-16-4-3-15(17(25)21-16)23-7-10-5-11(1-2-14(10)18(23)26)20-19(27)22-8-13-6-12(22)9-28-13/h1-2,5,12-13,15H,3-4,6-9H2,(H,20,27)(H,21,24,25)/t12-,13-,15?/m1/s1. The highest BCUT2D eigenvalue weighted by molar-refractivity contribution is 6.05. The Morgan fingerprint density at radius 3 is 2.82 bits per heavy atom. The van der Waals surface area contributed by atoms with Crippen LogP contribution in [-0.2, 0) is 20.9 Å². The molecule has 1 aromatic rings. The lowest BCUT2D eigenvalue weighted by Gasteiger charge is -2.29. The number of urea groups is 1. The molecular weight excluding hydrogens is 364 g/mol. The van der Waals surface area contributed by atoms with Crippen molar-refractivity contribution in [1.29, 1.82) is 0 Å². The molecule has 3 atom stereocenters. The molecule has 4 aliphatic rings. The Bertz CT molecular complexity index is 900. The molecule has 1 unspecified atom stereocenters. The lowest BCUT2D eigenvalue weighted by atomic mass is 10.0. The maximum atomic E-state index is 12.7. The van der Waals surface area contributed by atoms with E-state index in [1.807, 2.05) is 0 Å². The van der Waals surface area contributed by atoms with Gasteiger partial charge in [-0.25, -0.2) is 4.79 Å². The lowest BCUT2D eigenvalue weighted by Crippen LogP contribution is -2.52. The largest absolute Gasteiger partial charge is 0.374 e. The van der Waals surface area contributed by atoms with E-state index in [0.29, 0.717) is 30.8 Å². The van der Waals surface area contributed by atoms with Crippen molar-refractivity contribution in [3.63, 3.8) is 0 Å². The number of nitrogens with one attached hydrogen (secondary N) is 2. The number of amides is 5. The van der Waals surface area contributed by atoms with E-state index in [0.717, 1.165) is 12.0 Å². The number of benzene rings is 1. The molecule has 1 aromatic carbocycles. The number of fused-ring (bicyclic) bond motifs is 3. The Hall–Kier alpha value is -2.94. The van der Waals surface area contributed by atoms with Crippen LogP contribution in [0.2, 0.25) is 0 Å². The van der Waals surface area contributed by atoms with Gasteiger partial charge in [0.05, 0.1) is 18.8 Å². The number of carbonyl (C=O) groups is 4. The third kappa shape index (κ3) is 2.73. The molecule has 0 aromatic heterocycles. The Morgan fingerprint density at radius 1 is 1.25 bits per heavy atom. The number of likely N-dealkylation sites (tertiary alicyclic amines) is 1. The molecule has 0 radical (unpaired) electrons. The van der Waals surface area contributed by atoms with Crippen molar-refractivity contribution in [3.8, 4) is 0 Å². The molecule has 4 heterocycles. The highest BCUT2D eigenvalue weighted by Gasteiger charge is 2.42. The summed E-state index contributed by atoms with van der Waals surface area (Å²) >= 11 is 0. The van der Waals surface area contributed by atoms with Crippen LogP contribution in [-0.4, -0.2) is 64.9 Å². The number of carbonyl (C=O) groups excluding carboxylic acids is 4. The third-order valence-electron chi connectivity index (χ3n) is 5.94. The number of anilines is 1. The van der Waals surface area contributed by atoms with Crippen LogP contribution in [0, 0.1) is 0 Å². The molecular formula is C19H20N4O5. The van der Waals surface area contributed by atoms with Gasteiger partial charge < -0.3 is 19.9 Å². The normalized spacial score (nSPS) is 28.6. The zero-order chi connectivity index (χ0) is 19.4. The summed E-state index contributed by atoms with van der Waals surface area (Å²) in [5, 5.41) is 5.19. The first kappa shape index (κ1) is 17.2. The summed E-state index contributed by atoms with van der Waals surface area (Å²) in [6.45, 7) is 1.47. The predicted molar refractivity (Wildman–Crippen MR) is 96.4 cm³/mol. The highest BCUT2D eigenvalue weighted by Crippen LogP contribution is 2.31. The second kappa shape index (κ2) is 6.30. The fourth-order valence-corrected chi connectivity index (χ4v) is 4.50. The summed E-state index contributed by atoms with van der Waals surface area (Å²) in [5.41, 5.74) is 1.90. The van der Waals surface area contributed by atoms with Crippen LogP contribution in [0.15, 0.2) is 18.2 Å². The van der Waals surface area contributed by atoms with Gasteiger partial charge in [-0.15, -0.1) is 0 Å². The van der Waals surface area contributed by atoms with Gasteiger partial charge in [-0.3, -0.25) is 19.7 Å². The monoisotopic (exact) mass is 384 g/mol. The first-order valence-electron chi connectivity index (χ1n) is 9.46. The quantitative estimate of drug-likeness (QED) is 0.720. The number of morpholine rings is 1. The van der Waals surface area contributed by atoms with Crippen molar-refractivity contribution < 1.29 is 23.9 Å². The van der Waals surface area contributed by atoms with Crippen molar-refractivity contribution in [3.05, 3.63) is 29.3 Å². The van der Waals surface area contributed by atoms with E-state index in [1.165, 1.54) is 4.90 Å². The van der Waals surface area contributed by atoms with Crippen molar-refractivity contribution in [1.82, 2.24) is 15.1 Å². The molecule has 0 saturated carbocycles. The van der Waals surface area contributed by atoms with Crippen LogP contribution in [0.1, 0.15) is 35.2 Å². The van der Waals surface area contributed by atoms with Gasteiger partial charge in [0.25, 0.3) is 5.91 Å². The Labute approximate surface area is 161 Å². The van der Waals surface area contributed by atoms with Gasteiger partial charge in [-0.05, 0) is 36.6 Å². The highest BCUT2D eigenvalue weighted by atomic mass is 16.5. The topological polar surface area (TPSA) is 108 Å². The Morgan fingerprint density at radius 2 is 2.11 bits per heavy atom. The number of piperidine rings is 1. The average molecular weight is 384 g/mol. The molecule has 5 rings (SSSR count). The average Bonchev–Trinajstić information content (AvgIpc) is 3.37. The van der Waals surface area contributed by atoms with Crippen molar-refractivity contribution in [2.45, 2.75) is 44.0 Å². The molecule has 9 nitrogen and oxygen atoms in total. The van der Waals surface area contributed by atoms with Crippen molar-refractivity contribution in [2.24, 2.45) is 0 Å². The molecule has 28 heavy (non-hydrogen) atoms. The van der Waals surface area contributed by atoms with Gasteiger partial charge in [-0.1, -0.05) is 0 Å². The van der Waals surface area contributed by atoms with Crippen LogP contribution >= 0.6 is 0 Å². The minimum absolute atomic E-state index is 0.129. The van der Waals surface area contributed by atoms with Gasteiger partial charge >= 0.3 is 6.03 Å². The van der Waals surface area contributed by atoms with E-state index in [9.17, 15) is 19.2 Å². The van der Waals surface area contributed by atoms with Crippen LogP contribution in [0.25, 0.3) is 0 Å². The van der Waals surface area contributed by atoms with E-state index >= 15 is 0 Å². The van der Waals surface area contributed by atoms with E-state index in [1.54, 1.807) is 23.1 Å². The molecule has 3 fully saturated rings. The zero-order valence-electron chi connectivity index (χ0n) is 15.1. The maximum Gasteiger partial charge on any atom is 0.322 e. The predicted octanol–water partition coefficient (Wildman–Crippen LogP) is 0.453. The van der Waals surface area contributed by atoms with E-state index in [-0.39, 0.29) is 43.0 Å². The maximum absolute atomic E-state index is 12.7. The molecule has 146 valence electrons. The summed E-state index contributed by atoms with van der Waals surface area (Å²) in [6, 6.07) is 4.48. The van der Waals surface area contributed by atoms with Gasteiger partial charge in [0, 0.05) is 30.8 Å². The van der Waals surface area contributed by atoms with Crippen molar-refractivity contribution in [2.75, 3.05) is 18.5 Å². The molecule has 2 N–H and O–H groups in total. The van der Waals surface area contributed by atoms with Gasteiger partial charge in [0.15, 0.2) is 0 Å². The summed E-state index contributed by atoms with van der Waals surface area (Å²) in [6.07, 6.45) is 1.57. The number of hydrogen-bond donors (Lipinski definition) is 2. The van der Waals surface area contributed by atoms with Crippen LogP contribution in [0.4, 0.5) is 10.5 Å². The second-order valence-corrected chi connectivity index (χ2v) is 7.70. The molecule has 0 spiro atoms. The fourth-order valence-electron chi connectivity index (χ4n) is 4.50. The van der Waals surface area contributed by atoms with Crippen LogP contribution < -0.4 is 10.6 Å². The number of hydrogen-bond acceptors (Lipinski definition) is 5. The minimum atomic E-state index is -0.643. The zero-order valence-corrected chi connectivity index (χ0v) is 15.1. The third-order valence-corrected chi connectivity index (χ3v) is 5.94. The smallest absolute Gasteiger partial charge is 0.322 e. The molecule has 2 bridgehead atoms.